The summed E-state index contributed by atoms with van der Waals surface area (Å²) in [7, 11) is 1.64. The fraction of sp³-hybridized carbons (Fsp3) is 0.667. The van der Waals surface area contributed by atoms with Gasteiger partial charge in [0.25, 0.3) is 0 Å². The molecule has 8 heteroatoms. The molecule has 1 aromatic heterocycles. The van der Waals surface area contributed by atoms with E-state index in [4.69, 9.17) is 24.8 Å². The first-order valence-corrected chi connectivity index (χ1v) is 6.35. The molecule has 0 spiro atoms. The summed E-state index contributed by atoms with van der Waals surface area (Å²) < 4.78 is 21.0. The van der Waals surface area contributed by atoms with E-state index in [-0.39, 0.29) is 0 Å². The predicted molar refractivity (Wildman–Crippen MR) is 73.6 cm³/mol. The summed E-state index contributed by atoms with van der Waals surface area (Å²) in [6.07, 6.45) is 1.64. The number of methoxy groups -OCH3 is 1. The average molecular weight is 286 g/mol. The molecule has 1 rings (SSSR count). The van der Waals surface area contributed by atoms with Gasteiger partial charge >= 0.3 is 0 Å². The zero-order valence-electron chi connectivity index (χ0n) is 11.9. The molecule has 1 aromatic rings. The van der Waals surface area contributed by atoms with E-state index < -0.39 is 0 Å². The lowest BCUT2D eigenvalue weighted by Gasteiger charge is -2.09. The van der Waals surface area contributed by atoms with Gasteiger partial charge in [-0.1, -0.05) is 0 Å². The van der Waals surface area contributed by atoms with Crippen molar-refractivity contribution in [3.63, 3.8) is 0 Å². The van der Waals surface area contributed by atoms with Crippen molar-refractivity contribution in [2.45, 2.75) is 6.92 Å². The molecule has 0 aromatic carbocycles. The third kappa shape index (κ3) is 6.62. The lowest BCUT2D eigenvalue weighted by atomic mass is 10.4. The smallest absolute Gasteiger partial charge is 0.240 e. The van der Waals surface area contributed by atoms with E-state index in [1.165, 1.54) is 0 Å². The van der Waals surface area contributed by atoms with Gasteiger partial charge in [0.05, 0.1) is 33.0 Å². The first kappa shape index (κ1) is 16.6. The summed E-state index contributed by atoms with van der Waals surface area (Å²) in [5, 5.41) is 0. The van der Waals surface area contributed by atoms with Gasteiger partial charge in [0.15, 0.2) is 0 Å². The highest BCUT2D eigenvalue weighted by Crippen LogP contribution is 2.14. The number of nitrogens with one attached hydrogen (secondary N) is 1. The van der Waals surface area contributed by atoms with Gasteiger partial charge in [0, 0.05) is 18.9 Å². The number of aryl methyl sites for hydroxylation is 1. The second-order valence-corrected chi connectivity index (χ2v) is 3.89. The van der Waals surface area contributed by atoms with Gasteiger partial charge in [0.1, 0.15) is 6.61 Å². The molecule has 0 saturated carbocycles. The number of ether oxygens (including phenoxy) is 4. The van der Waals surface area contributed by atoms with Crippen molar-refractivity contribution in [3.05, 3.63) is 11.8 Å². The molecule has 0 radical (unpaired) electrons. The van der Waals surface area contributed by atoms with Crippen LogP contribution < -0.4 is 16.0 Å². The van der Waals surface area contributed by atoms with E-state index >= 15 is 0 Å². The summed E-state index contributed by atoms with van der Waals surface area (Å²) >= 11 is 0. The third-order valence-corrected chi connectivity index (χ3v) is 2.32. The summed E-state index contributed by atoms with van der Waals surface area (Å²) in [4.78, 5) is 8.06. The number of aromatic nitrogens is 2. The van der Waals surface area contributed by atoms with Crippen molar-refractivity contribution in [1.29, 1.82) is 0 Å². The summed E-state index contributed by atoms with van der Waals surface area (Å²) in [5.74, 6) is 6.05. The van der Waals surface area contributed by atoms with E-state index in [1.807, 2.05) is 6.92 Å². The van der Waals surface area contributed by atoms with Gasteiger partial charge in [-0.3, -0.25) is 5.43 Å². The molecular formula is C12H22N4O4. The van der Waals surface area contributed by atoms with Crippen molar-refractivity contribution < 1.29 is 18.9 Å². The van der Waals surface area contributed by atoms with E-state index in [2.05, 4.69) is 15.4 Å². The highest BCUT2D eigenvalue weighted by molar-refractivity contribution is 5.31. The Morgan fingerprint density at radius 3 is 2.40 bits per heavy atom. The standard InChI is InChI=1S/C12H22N4O4/c1-10-9-14-12(16-13)15-11(10)20-8-7-19-6-5-18-4-3-17-2/h9H,3-8,13H2,1-2H3,(H,14,15,16). The summed E-state index contributed by atoms with van der Waals surface area (Å²) in [6, 6.07) is 0. The zero-order chi connectivity index (χ0) is 14.6. The molecule has 8 nitrogen and oxygen atoms in total. The normalized spacial score (nSPS) is 10.6. The topological polar surface area (TPSA) is 101 Å². The van der Waals surface area contributed by atoms with Crippen molar-refractivity contribution in [1.82, 2.24) is 9.97 Å². The molecule has 20 heavy (non-hydrogen) atoms. The van der Waals surface area contributed by atoms with E-state index in [0.29, 0.717) is 51.5 Å². The second kappa shape index (κ2) is 10.3. The SMILES string of the molecule is COCCOCCOCCOc1nc(NN)ncc1C. The van der Waals surface area contributed by atoms with Crippen LogP contribution in [0, 0.1) is 6.92 Å². The van der Waals surface area contributed by atoms with Crippen LogP contribution in [0.25, 0.3) is 0 Å². The van der Waals surface area contributed by atoms with Crippen LogP contribution in [0.15, 0.2) is 6.20 Å². The van der Waals surface area contributed by atoms with Gasteiger partial charge in [-0.2, -0.15) is 4.98 Å². The number of nitrogens with two attached hydrogens (primary N) is 1. The second-order valence-electron chi connectivity index (χ2n) is 3.89. The third-order valence-electron chi connectivity index (χ3n) is 2.32. The molecule has 0 amide bonds. The number of rotatable bonds is 11. The van der Waals surface area contributed by atoms with Crippen molar-refractivity contribution in [3.8, 4) is 5.88 Å². The van der Waals surface area contributed by atoms with Gasteiger partial charge in [-0.05, 0) is 6.92 Å². The molecule has 0 bridgehead atoms. The van der Waals surface area contributed by atoms with Gasteiger partial charge in [-0.15, -0.1) is 0 Å². The number of hydrazine groups is 1. The average Bonchev–Trinajstić information content (AvgIpc) is 2.47. The number of nitrogens with zero attached hydrogens (tertiary/aromatic N) is 2. The van der Waals surface area contributed by atoms with Crippen LogP contribution in [-0.4, -0.2) is 56.7 Å². The molecule has 114 valence electrons. The van der Waals surface area contributed by atoms with Crippen LogP contribution in [0.4, 0.5) is 5.95 Å². The molecular weight excluding hydrogens is 264 g/mol. The Kier molecular flexibility index (Phi) is 8.56. The number of nitrogen functional groups attached to an aromatic ring is 1. The minimum Gasteiger partial charge on any atom is -0.475 e. The van der Waals surface area contributed by atoms with Crippen LogP contribution in [0.1, 0.15) is 5.56 Å². The zero-order valence-corrected chi connectivity index (χ0v) is 11.9. The number of anilines is 1. The molecule has 0 saturated heterocycles. The van der Waals surface area contributed by atoms with Crippen LogP contribution in [0.2, 0.25) is 0 Å². The highest BCUT2D eigenvalue weighted by Gasteiger charge is 2.03. The molecule has 0 aliphatic carbocycles. The minimum atomic E-state index is 0.318. The summed E-state index contributed by atoms with van der Waals surface area (Å²) in [5.41, 5.74) is 3.21. The molecule has 0 atom stereocenters. The van der Waals surface area contributed by atoms with Crippen LogP contribution in [0.5, 0.6) is 5.88 Å². The fourth-order valence-electron chi connectivity index (χ4n) is 1.30. The first-order valence-electron chi connectivity index (χ1n) is 6.35. The van der Waals surface area contributed by atoms with Crippen LogP contribution in [0.3, 0.4) is 0 Å². The van der Waals surface area contributed by atoms with E-state index in [0.717, 1.165) is 5.56 Å². The predicted octanol–water partition coefficient (Wildman–Crippen LogP) is 0.129. The highest BCUT2D eigenvalue weighted by atomic mass is 16.6. The van der Waals surface area contributed by atoms with Crippen molar-refractivity contribution in [2.24, 2.45) is 5.84 Å². The van der Waals surface area contributed by atoms with Gasteiger partial charge in [0.2, 0.25) is 11.8 Å². The van der Waals surface area contributed by atoms with Crippen LogP contribution >= 0.6 is 0 Å². The van der Waals surface area contributed by atoms with Gasteiger partial charge in [-0.25, -0.2) is 10.8 Å². The Morgan fingerprint density at radius 1 is 1.10 bits per heavy atom. The Morgan fingerprint density at radius 2 is 1.75 bits per heavy atom. The first-order chi connectivity index (χ1) is 9.77. The van der Waals surface area contributed by atoms with E-state index in [1.54, 1.807) is 13.3 Å². The molecule has 0 aliphatic heterocycles. The van der Waals surface area contributed by atoms with Crippen LogP contribution in [-0.2, 0) is 14.2 Å². The number of hydrogen-bond donors (Lipinski definition) is 2. The quantitative estimate of drug-likeness (QED) is 0.336. The maximum absolute atomic E-state index is 5.49. The largest absolute Gasteiger partial charge is 0.475 e. The maximum Gasteiger partial charge on any atom is 0.240 e. The number of hydrogen-bond acceptors (Lipinski definition) is 8. The van der Waals surface area contributed by atoms with Gasteiger partial charge < -0.3 is 18.9 Å². The lowest BCUT2D eigenvalue weighted by molar-refractivity contribution is 0.0176. The fourth-order valence-corrected chi connectivity index (χ4v) is 1.30. The Labute approximate surface area is 118 Å². The molecule has 1 heterocycles. The molecule has 0 fully saturated rings. The van der Waals surface area contributed by atoms with E-state index in [9.17, 15) is 0 Å². The lowest BCUT2D eigenvalue weighted by Crippen LogP contribution is -2.14. The summed E-state index contributed by atoms with van der Waals surface area (Å²) in [6.45, 7) is 4.95. The molecule has 0 aliphatic rings. The van der Waals surface area contributed by atoms with Crippen molar-refractivity contribution >= 4 is 5.95 Å². The monoisotopic (exact) mass is 286 g/mol. The van der Waals surface area contributed by atoms with Crippen molar-refractivity contribution in [2.75, 3.05) is 52.2 Å². The molecule has 0 unspecified atom stereocenters. The Bertz CT molecular complexity index is 378. The minimum absolute atomic E-state index is 0.318. The Balaban J connectivity index is 2.09. The maximum atomic E-state index is 5.49. The Hall–Kier alpha value is -1.48. The molecule has 3 N–H and O–H groups in total.